The summed E-state index contributed by atoms with van der Waals surface area (Å²) in [4.78, 5) is 0. The van der Waals surface area contributed by atoms with Gasteiger partial charge in [-0.25, -0.2) is 22.0 Å². The topological polar surface area (TPSA) is 0 Å². The average Bonchev–Trinajstić information content (AvgIpc) is 3.06. The maximum Gasteiger partial charge on any atom is 0.200 e. The van der Waals surface area contributed by atoms with Gasteiger partial charge in [0.05, 0.1) is 0 Å². The quantitative estimate of drug-likeness (QED) is 0.142. The third kappa shape index (κ3) is 2.74. The summed E-state index contributed by atoms with van der Waals surface area (Å²) in [5.41, 5.74) is 5.50. The summed E-state index contributed by atoms with van der Waals surface area (Å²) in [5.74, 6) is -10.3. The Kier molecular flexibility index (Phi) is 4.55. The van der Waals surface area contributed by atoms with Crippen LogP contribution in [-0.4, -0.2) is 0 Å². The Hall–Kier alpha value is -2.92. The molecule has 1 aliphatic rings. The lowest BCUT2D eigenvalue weighted by molar-refractivity contribution is 0.379. The van der Waals surface area contributed by atoms with Crippen LogP contribution in [0, 0.1) is 29.1 Å². The van der Waals surface area contributed by atoms with Gasteiger partial charge in [0.15, 0.2) is 23.3 Å². The fourth-order valence-corrected chi connectivity index (χ4v) is 3.49. The lowest BCUT2D eigenvalue weighted by atomic mass is 10.0. The van der Waals surface area contributed by atoms with Crippen molar-refractivity contribution in [3.63, 3.8) is 0 Å². The molecule has 4 aromatic rings. The normalized spacial score (nSPS) is 11.2. The van der Waals surface area contributed by atoms with Gasteiger partial charge >= 0.3 is 0 Å². The van der Waals surface area contributed by atoms with Gasteiger partial charge in [-0.15, -0.1) is 0 Å². The Bertz CT molecular complexity index is 1070. The largest absolute Gasteiger partial charge is 0.202 e. The number of hydrogen-bond donors (Lipinski definition) is 0. The van der Waals surface area contributed by atoms with Crippen molar-refractivity contribution in [3.8, 4) is 22.3 Å². The Balaban J connectivity index is 0.000000145. The Morgan fingerprint density at radius 3 is 1.32 bits per heavy atom. The van der Waals surface area contributed by atoms with Crippen molar-refractivity contribution in [2.75, 3.05) is 0 Å². The van der Waals surface area contributed by atoms with E-state index in [1.54, 1.807) is 0 Å². The molecule has 0 saturated heterocycles. The minimum absolute atomic E-state index is 1.34. The minimum Gasteiger partial charge on any atom is -0.202 e. The van der Waals surface area contributed by atoms with Gasteiger partial charge in [-0.3, -0.25) is 0 Å². The Morgan fingerprint density at radius 2 is 0.857 bits per heavy atom. The van der Waals surface area contributed by atoms with Crippen LogP contribution in [0.2, 0.25) is 5.02 Å². The number of fused-ring (bicyclic) bond motifs is 3. The molecule has 140 valence electrons. The first kappa shape index (κ1) is 18.4. The average molecular weight is 405 g/mol. The van der Waals surface area contributed by atoms with E-state index in [4.69, 9.17) is 11.6 Å². The van der Waals surface area contributed by atoms with Crippen molar-refractivity contribution >= 4 is 22.4 Å². The van der Waals surface area contributed by atoms with Crippen LogP contribution in [0.1, 0.15) is 0 Å². The van der Waals surface area contributed by atoms with Gasteiger partial charge < -0.3 is 0 Å². The van der Waals surface area contributed by atoms with E-state index in [1.165, 1.54) is 33.0 Å². The molecule has 0 unspecified atom stereocenters. The first-order valence-corrected chi connectivity index (χ1v) is 8.58. The lowest BCUT2D eigenvalue weighted by Crippen LogP contribution is -2.00. The predicted molar refractivity (Wildman–Crippen MR) is 99.6 cm³/mol. The monoisotopic (exact) mass is 404 g/mol. The second-order valence-electron chi connectivity index (χ2n) is 6.14. The summed E-state index contributed by atoms with van der Waals surface area (Å²) in [6, 6.07) is 21.8. The molecule has 28 heavy (non-hydrogen) atoms. The van der Waals surface area contributed by atoms with Crippen LogP contribution in [0.3, 0.4) is 0 Å². The van der Waals surface area contributed by atoms with Gasteiger partial charge in [-0.1, -0.05) is 72.3 Å². The molecule has 0 saturated carbocycles. The van der Waals surface area contributed by atoms with Crippen molar-refractivity contribution in [1.29, 1.82) is 0 Å². The first-order chi connectivity index (χ1) is 13.4. The van der Waals surface area contributed by atoms with Gasteiger partial charge in [0.25, 0.3) is 0 Å². The van der Waals surface area contributed by atoms with Crippen LogP contribution in [0.5, 0.6) is 0 Å². The summed E-state index contributed by atoms with van der Waals surface area (Å²) >= 11 is 4.76. The molecule has 0 nitrogen and oxygen atoms in total. The van der Waals surface area contributed by atoms with Crippen molar-refractivity contribution in [2.24, 2.45) is 0 Å². The molecule has 0 spiro atoms. The number of benzene rings is 4. The van der Waals surface area contributed by atoms with Gasteiger partial charge in [0, 0.05) is 0 Å². The van der Waals surface area contributed by atoms with Crippen molar-refractivity contribution in [1.82, 2.24) is 0 Å². The molecule has 0 heterocycles. The van der Waals surface area contributed by atoms with Crippen LogP contribution in [0.15, 0.2) is 60.7 Å². The van der Waals surface area contributed by atoms with Crippen molar-refractivity contribution in [2.45, 2.75) is 0 Å². The molecule has 1 aliphatic carbocycles. The number of rotatable bonds is 0. The van der Waals surface area contributed by atoms with Gasteiger partial charge in [-0.2, -0.15) is 0 Å². The highest BCUT2D eigenvalue weighted by Gasteiger charge is 2.24. The predicted octanol–water partition coefficient (Wildman–Crippen LogP) is 7.52. The molecule has 0 amide bonds. The second kappa shape index (κ2) is 6.91. The SMILES string of the molecule is Fc1c(F)c(F)c(Cl)c(F)c1F.c1ccc2c(c1)-c1cccc3cccc-2c13. The van der Waals surface area contributed by atoms with Crippen molar-refractivity contribution in [3.05, 3.63) is 94.8 Å². The highest BCUT2D eigenvalue weighted by Crippen LogP contribution is 2.46. The van der Waals surface area contributed by atoms with E-state index in [9.17, 15) is 22.0 Å². The van der Waals surface area contributed by atoms with Gasteiger partial charge in [-0.05, 0) is 33.0 Å². The maximum atomic E-state index is 12.3. The molecular weight excluding hydrogens is 395 g/mol. The van der Waals surface area contributed by atoms with Crippen molar-refractivity contribution < 1.29 is 22.0 Å². The molecule has 5 rings (SSSR count). The molecule has 0 bridgehead atoms. The van der Waals surface area contributed by atoms with E-state index < -0.39 is 34.1 Å². The third-order valence-corrected chi connectivity index (χ3v) is 4.90. The minimum atomic E-state index is -2.21. The van der Waals surface area contributed by atoms with Crippen LogP contribution >= 0.6 is 11.6 Å². The fourth-order valence-electron chi connectivity index (χ4n) is 3.32. The van der Waals surface area contributed by atoms with Crippen LogP contribution in [0.25, 0.3) is 33.0 Å². The molecular formula is C22H10ClF5. The zero-order chi connectivity index (χ0) is 20.0. The first-order valence-electron chi connectivity index (χ1n) is 8.20. The smallest absolute Gasteiger partial charge is 0.200 e. The molecule has 0 N–H and O–H groups in total. The van der Waals surface area contributed by atoms with E-state index in [-0.39, 0.29) is 0 Å². The fraction of sp³-hybridized carbons (Fsp3) is 0. The molecule has 0 atom stereocenters. The Labute approximate surface area is 161 Å². The summed E-state index contributed by atoms with van der Waals surface area (Å²) in [6.07, 6.45) is 0. The summed E-state index contributed by atoms with van der Waals surface area (Å²) < 4.78 is 61.1. The van der Waals surface area contributed by atoms with Crippen LogP contribution in [0.4, 0.5) is 22.0 Å². The number of hydrogen-bond acceptors (Lipinski definition) is 0. The third-order valence-electron chi connectivity index (χ3n) is 4.57. The maximum absolute atomic E-state index is 12.3. The summed E-state index contributed by atoms with van der Waals surface area (Å²) in [5, 5.41) is 1.35. The molecule has 4 aromatic carbocycles. The van der Waals surface area contributed by atoms with E-state index in [1.807, 2.05) is 0 Å². The highest BCUT2D eigenvalue weighted by atomic mass is 35.5. The zero-order valence-corrected chi connectivity index (χ0v) is 14.8. The lowest BCUT2D eigenvalue weighted by Gasteiger charge is -2.00. The summed E-state index contributed by atoms with van der Waals surface area (Å²) in [6.45, 7) is 0. The zero-order valence-electron chi connectivity index (χ0n) is 14.0. The molecule has 0 aromatic heterocycles. The molecule has 0 radical (unpaired) electrons. The van der Waals surface area contributed by atoms with E-state index in [2.05, 4.69) is 60.7 Å². The van der Waals surface area contributed by atoms with E-state index in [0.29, 0.717) is 0 Å². The highest BCUT2D eigenvalue weighted by molar-refractivity contribution is 6.30. The summed E-state index contributed by atoms with van der Waals surface area (Å²) in [7, 11) is 0. The van der Waals surface area contributed by atoms with Gasteiger partial charge in [0.1, 0.15) is 5.02 Å². The standard InChI is InChI=1S/C16H10.C6ClF5/c1-2-8-13-12(7-1)14-9-3-5-11-6-4-10-15(13)16(11)14;7-1-2(8)4(10)6(12)5(11)3(1)9/h1-10H;. The van der Waals surface area contributed by atoms with Crippen LogP contribution in [-0.2, 0) is 0 Å². The molecule has 0 aliphatic heterocycles. The van der Waals surface area contributed by atoms with Gasteiger partial charge in [0.2, 0.25) is 5.82 Å². The van der Waals surface area contributed by atoms with Crippen LogP contribution < -0.4 is 0 Å². The molecule has 6 heteroatoms. The number of halogens is 6. The van der Waals surface area contributed by atoms with E-state index in [0.717, 1.165) is 0 Å². The second-order valence-corrected chi connectivity index (χ2v) is 6.52. The molecule has 0 fully saturated rings. The Morgan fingerprint density at radius 1 is 0.464 bits per heavy atom. The van der Waals surface area contributed by atoms with E-state index >= 15 is 0 Å².